The summed E-state index contributed by atoms with van der Waals surface area (Å²) in [6.07, 6.45) is 4.70. The van der Waals surface area contributed by atoms with E-state index in [1.807, 2.05) is 6.92 Å². The molecule has 2 N–H and O–H groups in total. The maximum absolute atomic E-state index is 13.7. The van der Waals surface area contributed by atoms with Gasteiger partial charge < -0.3 is 10.5 Å². The normalized spacial score (nSPS) is 27.7. The van der Waals surface area contributed by atoms with Gasteiger partial charge in [-0.3, -0.25) is 4.90 Å². The largest absolute Gasteiger partial charge is 0.396 e. The third kappa shape index (κ3) is 3.22. The van der Waals surface area contributed by atoms with Crippen molar-refractivity contribution in [2.75, 3.05) is 32.0 Å². The molecule has 1 aliphatic heterocycles. The lowest BCUT2D eigenvalue weighted by atomic mass is 9.79. The number of morpholine rings is 1. The van der Waals surface area contributed by atoms with Gasteiger partial charge in [0.15, 0.2) is 0 Å². The van der Waals surface area contributed by atoms with Crippen LogP contribution >= 0.6 is 0 Å². The van der Waals surface area contributed by atoms with E-state index in [1.165, 1.54) is 12.8 Å². The molecule has 0 aromatic heterocycles. The van der Waals surface area contributed by atoms with Crippen molar-refractivity contribution in [1.82, 2.24) is 4.90 Å². The van der Waals surface area contributed by atoms with Crippen LogP contribution in [0, 0.1) is 12.7 Å². The number of anilines is 1. The van der Waals surface area contributed by atoms with Crippen molar-refractivity contribution in [2.24, 2.45) is 0 Å². The number of hydrogen-bond donors (Lipinski definition) is 1. The minimum atomic E-state index is -0.272. The molecular formula is C17H25FN2O. The number of hydrogen-bond acceptors (Lipinski definition) is 3. The SMILES string of the molecule is Cc1cc(N)c(F)cc1C1CCC(N2CCOCC2)CC1. The predicted octanol–water partition coefficient (Wildman–Crippen LogP) is 3.07. The van der Waals surface area contributed by atoms with Crippen molar-refractivity contribution < 1.29 is 9.13 Å². The van der Waals surface area contributed by atoms with Crippen LogP contribution in [0.4, 0.5) is 10.1 Å². The Bertz CT molecular complexity index is 492. The molecule has 1 heterocycles. The molecule has 2 aliphatic rings. The zero-order valence-corrected chi connectivity index (χ0v) is 12.8. The minimum absolute atomic E-state index is 0.262. The fraction of sp³-hybridized carbons (Fsp3) is 0.647. The molecule has 0 unspecified atom stereocenters. The van der Waals surface area contributed by atoms with Crippen LogP contribution in [0.1, 0.15) is 42.7 Å². The van der Waals surface area contributed by atoms with Crippen molar-refractivity contribution in [3.05, 3.63) is 29.1 Å². The Balaban J connectivity index is 1.64. The predicted molar refractivity (Wildman–Crippen MR) is 82.9 cm³/mol. The number of rotatable bonds is 2. The van der Waals surface area contributed by atoms with Gasteiger partial charge in [0.2, 0.25) is 0 Å². The van der Waals surface area contributed by atoms with Crippen LogP contribution < -0.4 is 5.73 Å². The summed E-state index contributed by atoms with van der Waals surface area (Å²) in [6, 6.07) is 4.12. The van der Waals surface area contributed by atoms with Gasteiger partial charge in [0.05, 0.1) is 18.9 Å². The van der Waals surface area contributed by atoms with Crippen molar-refractivity contribution in [3.8, 4) is 0 Å². The average molecular weight is 292 g/mol. The first kappa shape index (κ1) is 14.8. The minimum Gasteiger partial charge on any atom is -0.396 e. The summed E-state index contributed by atoms with van der Waals surface area (Å²) in [5.41, 5.74) is 8.19. The van der Waals surface area contributed by atoms with Crippen LogP contribution in [0.5, 0.6) is 0 Å². The van der Waals surface area contributed by atoms with E-state index < -0.39 is 0 Å². The molecule has 1 aromatic rings. The number of ether oxygens (including phenoxy) is 1. The van der Waals surface area contributed by atoms with E-state index in [9.17, 15) is 4.39 Å². The molecule has 21 heavy (non-hydrogen) atoms. The van der Waals surface area contributed by atoms with Crippen LogP contribution in [0.25, 0.3) is 0 Å². The highest BCUT2D eigenvalue weighted by Crippen LogP contribution is 2.37. The van der Waals surface area contributed by atoms with Crippen molar-refractivity contribution >= 4 is 5.69 Å². The fourth-order valence-electron chi connectivity index (χ4n) is 3.85. The number of aryl methyl sites for hydroxylation is 1. The van der Waals surface area contributed by atoms with Gasteiger partial charge in [-0.1, -0.05) is 0 Å². The van der Waals surface area contributed by atoms with E-state index in [4.69, 9.17) is 10.5 Å². The lowest BCUT2D eigenvalue weighted by molar-refractivity contribution is 0.00728. The van der Waals surface area contributed by atoms with E-state index in [0.29, 0.717) is 12.0 Å². The molecular weight excluding hydrogens is 267 g/mol. The maximum atomic E-state index is 13.7. The molecule has 1 saturated heterocycles. The summed E-state index contributed by atoms with van der Waals surface area (Å²) in [6.45, 7) is 5.89. The first-order valence-corrected chi connectivity index (χ1v) is 8.02. The molecule has 0 atom stereocenters. The third-order valence-electron chi connectivity index (χ3n) is 5.08. The van der Waals surface area contributed by atoms with Gasteiger partial charge in [0, 0.05) is 19.1 Å². The zero-order chi connectivity index (χ0) is 14.8. The topological polar surface area (TPSA) is 38.5 Å². The first-order chi connectivity index (χ1) is 10.1. The Labute approximate surface area is 126 Å². The molecule has 0 bridgehead atoms. The Kier molecular flexibility index (Phi) is 4.45. The van der Waals surface area contributed by atoms with Crippen LogP contribution in [0.3, 0.4) is 0 Å². The fourth-order valence-corrected chi connectivity index (χ4v) is 3.85. The van der Waals surface area contributed by atoms with Gasteiger partial charge in [0.25, 0.3) is 0 Å². The Morgan fingerprint density at radius 1 is 1.14 bits per heavy atom. The molecule has 0 spiro atoms. The Hall–Kier alpha value is -1.13. The van der Waals surface area contributed by atoms with E-state index in [0.717, 1.165) is 50.3 Å². The van der Waals surface area contributed by atoms with Gasteiger partial charge in [0.1, 0.15) is 5.82 Å². The third-order valence-corrected chi connectivity index (χ3v) is 5.08. The zero-order valence-electron chi connectivity index (χ0n) is 12.8. The second kappa shape index (κ2) is 6.32. The maximum Gasteiger partial charge on any atom is 0.146 e. The summed E-state index contributed by atoms with van der Waals surface area (Å²) in [7, 11) is 0. The van der Waals surface area contributed by atoms with Crippen LogP contribution in [0.2, 0.25) is 0 Å². The molecule has 1 saturated carbocycles. The number of nitrogens with zero attached hydrogens (tertiary/aromatic N) is 1. The first-order valence-electron chi connectivity index (χ1n) is 8.02. The molecule has 3 rings (SSSR count). The highest BCUT2D eigenvalue weighted by Gasteiger charge is 2.28. The molecule has 2 fully saturated rings. The standard InChI is InChI=1S/C17H25FN2O/c1-12-10-17(19)16(18)11-15(12)13-2-4-14(5-3-13)20-6-8-21-9-7-20/h10-11,13-14H,2-9,19H2,1H3. The summed E-state index contributed by atoms with van der Waals surface area (Å²) < 4.78 is 19.2. The second-order valence-corrected chi connectivity index (χ2v) is 6.38. The summed E-state index contributed by atoms with van der Waals surface area (Å²) in [4.78, 5) is 2.57. The molecule has 3 nitrogen and oxygen atoms in total. The molecule has 4 heteroatoms. The lowest BCUT2D eigenvalue weighted by Crippen LogP contribution is -2.44. The quantitative estimate of drug-likeness (QED) is 0.851. The molecule has 0 radical (unpaired) electrons. The van der Waals surface area contributed by atoms with Crippen molar-refractivity contribution in [1.29, 1.82) is 0 Å². The van der Waals surface area contributed by atoms with Crippen molar-refractivity contribution in [3.63, 3.8) is 0 Å². The number of nitrogen functional groups attached to an aromatic ring is 1. The summed E-state index contributed by atoms with van der Waals surface area (Å²) >= 11 is 0. The van der Waals surface area contributed by atoms with Gasteiger partial charge in [-0.25, -0.2) is 4.39 Å². The lowest BCUT2D eigenvalue weighted by Gasteiger charge is -2.39. The number of halogens is 1. The van der Waals surface area contributed by atoms with Gasteiger partial charge in [-0.2, -0.15) is 0 Å². The molecule has 116 valence electrons. The monoisotopic (exact) mass is 292 g/mol. The average Bonchev–Trinajstić information content (AvgIpc) is 2.52. The van der Waals surface area contributed by atoms with E-state index in [-0.39, 0.29) is 11.5 Å². The smallest absolute Gasteiger partial charge is 0.146 e. The molecule has 0 amide bonds. The van der Waals surface area contributed by atoms with E-state index in [1.54, 1.807) is 12.1 Å². The summed E-state index contributed by atoms with van der Waals surface area (Å²) in [5.74, 6) is 0.211. The van der Waals surface area contributed by atoms with Gasteiger partial charge in [-0.05, 0) is 61.8 Å². The molecule has 1 aromatic carbocycles. The Morgan fingerprint density at radius 3 is 2.48 bits per heavy atom. The van der Waals surface area contributed by atoms with Gasteiger partial charge >= 0.3 is 0 Å². The number of benzene rings is 1. The highest BCUT2D eigenvalue weighted by molar-refractivity contribution is 5.47. The molecule has 1 aliphatic carbocycles. The van der Waals surface area contributed by atoms with Crippen LogP contribution in [0.15, 0.2) is 12.1 Å². The van der Waals surface area contributed by atoms with Gasteiger partial charge in [-0.15, -0.1) is 0 Å². The van der Waals surface area contributed by atoms with Crippen LogP contribution in [-0.4, -0.2) is 37.2 Å². The van der Waals surface area contributed by atoms with E-state index in [2.05, 4.69) is 4.90 Å². The second-order valence-electron chi connectivity index (χ2n) is 6.38. The van der Waals surface area contributed by atoms with E-state index >= 15 is 0 Å². The highest BCUT2D eigenvalue weighted by atomic mass is 19.1. The summed E-state index contributed by atoms with van der Waals surface area (Å²) in [5, 5.41) is 0. The van der Waals surface area contributed by atoms with Crippen LogP contribution in [-0.2, 0) is 4.74 Å². The number of nitrogens with two attached hydrogens (primary N) is 1. The Morgan fingerprint density at radius 2 is 1.81 bits per heavy atom. The van der Waals surface area contributed by atoms with Crippen molar-refractivity contribution in [2.45, 2.75) is 44.6 Å².